The minimum atomic E-state index is -0.0505. The number of hydrogen-bond acceptors (Lipinski definition) is 2. The van der Waals surface area contributed by atoms with Gasteiger partial charge in [-0.2, -0.15) is 0 Å². The lowest BCUT2D eigenvalue weighted by Gasteiger charge is -2.13. The standard InChI is InChI=1S/C14H18N2O.ClH/c1-9(10-5-3-2-4-6-10)14(17)16-13-11-7-15-8-12(11)13;/h2-6,9,11-13,15H,7-8H2,1H3,(H,16,17);1H. The number of nitrogens with one attached hydrogen (secondary N) is 2. The van der Waals surface area contributed by atoms with Gasteiger partial charge in [0.2, 0.25) is 5.91 Å². The van der Waals surface area contributed by atoms with Gasteiger partial charge in [0.15, 0.2) is 0 Å². The Morgan fingerprint density at radius 2 is 1.89 bits per heavy atom. The number of carbonyl (C=O) groups is 1. The summed E-state index contributed by atoms with van der Waals surface area (Å²) in [6, 6.07) is 10.4. The Balaban J connectivity index is 0.00000120. The molecule has 1 aliphatic heterocycles. The van der Waals surface area contributed by atoms with Crippen LogP contribution < -0.4 is 10.6 Å². The van der Waals surface area contributed by atoms with E-state index in [9.17, 15) is 4.79 Å². The summed E-state index contributed by atoms with van der Waals surface area (Å²) in [6.45, 7) is 4.10. The maximum Gasteiger partial charge on any atom is 0.227 e. The van der Waals surface area contributed by atoms with Crippen LogP contribution in [0.4, 0.5) is 0 Å². The number of hydrogen-bond donors (Lipinski definition) is 2. The van der Waals surface area contributed by atoms with Gasteiger partial charge in [0.25, 0.3) is 0 Å². The van der Waals surface area contributed by atoms with Crippen LogP contribution in [0.3, 0.4) is 0 Å². The molecule has 1 aromatic rings. The molecule has 1 amide bonds. The first kappa shape index (κ1) is 13.4. The molecule has 2 fully saturated rings. The predicted molar refractivity (Wildman–Crippen MR) is 73.9 cm³/mol. The molecule has 1 aliphatic carbocycles. The van der Waals surface area contributed by atoms with E-state index >= 15 is 0 Å². The first-order valence-electron chi connectivity index (χ1n) is 6.33. The molecule has 1 heterocycles. The highest BCUT2D eigenvalue weighted by Gasteiger charge is 2.53. The lowest BCUT2D eigenvalue weighted by Crippen LogP contribution is -2.35. The van der Waals surface area contributed by atoms with Gasteiger partial charge in [0, 0.05) is 19.1 Å². The topological polar surface area (TPSA) is 41.1 Å². The third-order valence-corrected chi connectivity index (χ3v) is 4.09. The summed E-state index contributed by atoms with van der Waals surface area (Å²) >= 11 is 0. The number of rotatable bonds is 3. The second-order valence-corrected chi connectivity index (χ2v) is 5.15. The largest absolute Gasteiger partial charge is 0.352 e. The van der Waals surface area contributed by atoms with Crippen LogP contribution >= 0.6 is 12.4 Å². The molecular weight excluding hydrogens is 248 g/mol. The van der Waals surface area contributed by atoms with Gasteiger partial charge in [-0.3, -0.25) is 4.79 Å². The fourth-order valence-corrected chi connectivity index (χ4v) is 2.81. The van der Waals surface area contributed by atoms with Crippen molar-refractivity contribution in [2.75, 3.05) is 13.1 Å². The minimum Gasteiger partial charge on any atom is -0.352 e. The Morgan fingerprint density at radius 1 is 1.28 bits per heavy atom. The number of halogens is 1. The van der Waals surface area contributed by atoms with Crippen LogP contribution in [-0.2, 0) is 4.79 Å². The van der Waals surface area contributed by atoms with E-state index in [0.717, 1.165) is 18.7 Å². The molecule has 98 valence electrons. The second kappa shape index (κ2) is 5.29. The van der Waals surface area contributed by atoms with Crippen LogP contribution in [0.1, 0.15) is 18.4 Å². The van der Waals surface area contributed by atoms with E-state index in [1.54, 1.807) is 0 Å². The zero-order chi connectivity index (χ0) is 11.8. The van der Waals surface area contributed by atoms with Crippen molar-refractivity contribution in [3.05, 3.63) is 35.9 Å². The van der Waals surface area contributed by atoms with Gasteiger partial charge in [0.1, 0.15) is 0 Å². The molecule has 4 heteroatoms. The number of benzene rings is 1. The van der Waals surface area contributed by atoms with Crippen molar-refractivity contribution in [3.8, 4) is 0 Å². The molecule has 3 unspecified atom stereocenters. The quantitative estimate of drug-likeness (QED) is 0.872. The predicted octanol–water partition coefficient (Wildman–Crippen LogP) is 1.55. The van der Waals surface area contributed by atoms with E-state index in [-0.39, 0.29) is 24.2 Å². The normalized spacial score (nSPS) is 29.9. The highest BCUT2D eigenvalue weighted by Crippen LogP contribution is 2.41. The third kappa shape index (κ3) is 2.38. The van der Waals surface area contributed by atoms with Gasteiger partial charge >= 0.3 is 0 Å². The molecular formula is C14H19ClN2O. The van der Waals surface area contributed by atoms with Crippen LogP contribution in [0.2, 0.25) is 0 Å². The Bertz CT molecular complexity index is 413. The van der Waals surface area contributed by atoms with E-state index in [1.165, 1.54) is 0 Å². The Kier molecular flexibility index (Phi) is 3.93. The summed E-state index contributed by atoms with van der Waals surface area (Å²) in [6.07, 6.45) is 0. The Labute approximate surface area is 114 Å². The van der Waals surface area contributed by atoms with Gasteiger partial charge in [-0.1, -0.05) is 30.3 Å². The summed E-state index contributed by atoms with van der Waals surface area (Å²) < 4.78 is 0. The van der Waals surface area contributed by atoms with E-state index < -0.39 is 0 Å². The summed E-state index contributed by atoms with van der Waals surface area (Å²) in [7, 11) is 0. The van der Waals surface area contributed by atoms with Crippen LogP contribution in [0.15, 0.2) is 30.3 Å². The van der Waals surface area contributed by atoms with Crippen molar-refractivity contribution in [1.82, 2.24) is 10.6 Å². The van der Waals surface area contributed by atoms with Gasteiger partial charge < -0.3 is 10.6 Å². The lowest BCUT2D eigenvalue weighted by atomic mass is 10.0. The maximum atomic E-state index is 12.1. The SMILES string of the molecule is CC(C(=O)NC1C2CNCC21)c1ccccc1.Cl. The molecule has 1 saturated heterocycles. The molecule has 1 saturated carbocycles. The number of piperidine rings is 1. The highest BCUT2D eigenvalue weighted by atomic mass is 35.5. The average molecular weight is 267 g/mol. The molecule has 3 atom stereocenters. The lowest BCUT2D eigenvalue weighted by molar-refractivity contribution is -0.122. The second-order valence-electron chi connectivity index (χ2n) is 5.15. The fraction of sp³-hybridized carbons (Fsp3) is 0.500. The zero-order valence-corrected chi connectivity index (χ0v) is 11.2. The van der Waals surface area contributed by atoms with E-state index in [4.69, 9.17) is 0 Å². The van der Waals surface area contributed by atoms with Gasteiger partial charge in [-0.05, 0) is 24.3 Å². The fourth-order valence-electron chi connectivity index (χ4n) is 2.81. The Hall–Kier alpha value is -1.06. The summed E-state index contributed by atoms with van der Waals surface area (Å²) in [4.78, 5) is 12.1. The molecule has 1 aromatic carbocycles. The summed E-state index contributed by atoms with van der Waals surface area (Å²) in [5.74, 6) is 1.48. The van der Waals surface area contributed by atoms with Gasteiger partial charge in [0.05, 0.1) is 5.92 Å². The van der Waals surface area contributed by atoms with Crippen LogP contribution in [0.5, 0.6) is 0 Å². The average Bonchev–Trinajstić information content (AvgIpc) is 2.80. The van der Waals surface area contributed by atoms with E-state index in [0.29, 0.717) is 17.9 Å². The number of carbonyl (C=O) groups excluding carboxylic acids is 1. The minimum absolute atomic E-state index is 0. The van der Waals surface area contributed by atoms with Crippen molar-refractivity contribution in [3.63, 3.8) is 0 Å². The summed E-state index contributed by atoms with van der Waals surface area (Å²) in [5.41, 5.74) is 1.09. The van der Waals surface area contributed by atoms with Gasteiger partial charge in [-0.15, -0.1) is 12.4 Å². The molecule has 0 spiro atoms. The number of fused-ring (bicyclic) bond motifs is 1. The molecule has 0 radical (unpaired) electrons. The van der Waals surface area contributed by atoms with Crippen molar-refractivity contribution < 1.29 is 4.79 Å². The molecule has 0 bridgehead atoms. The number of amides is 1. The third-order valence-electron chi connectivity index (χ3n) is 4.09. The van der Waals surface area contributed by atoms with Crippen molar-refractivity contribution >= 4 is 18.3 Å². The van der Waals surface area contributed by atoms with Crippen molar-refractivity contribution in [2.24, 2.45) is 11.8 Å². The zero-order valence-electron chi connectivity index (χ0n) is 10.4. The molecule has 2 N–H and O–H groups in total. The molecule has 3 rings (SSSR count). The maximum absolute atomic E-state index is 12.1. The molecule has 3 nitrogen and oxygen atoms in total. The monoisotopic (exact) mass is 266 g/mol. The van der Waals surface area contributed by atoms with Crippen LogP contribution in [0.25, 0.3) is 0 Å². The highest BCUT2D eigenvalue weighted by molar-refractivity contribution is 5.85. The van der Waals surface area contributed by atoms with Gasteiger partial charge in [-0.25, -0.2) is 0 Å². The first-order valence-corrected chi connectivity index (χ1v) is 6.33. The Morgan fingerprint density at radius 3 is 2.50 bits per heavy atom. The summed E-state index contributed by atoms with van der Waals surface area (Å²) in [5, 5.41) is 6.51. The van der Waals surface area contributed by atoms with E-state index in [2.05, 4.69) is 10.6 Å². The molecule has 0 aromatic heterocycles. The smallest absolute Gasteiger partial charge is 0.227 e. The van der Waals surface area contributed by atoms with E-state index in [1.807, 2.05) is 37.3 Å². The molecule has 18 heavy (non-hydrogen) atoms. The molecule has 2 aliphatic rings. The van der Waals surface area contributed by atoms with Crippen LogP contribution in [-0.4, -0.2) is 25.0 Å². The van der Waals surface area contributed by atoms with Crippen LogP contribution in [0, 0.1) is 11.8 Å². The van der Waals surface area contributed by atoms with Crippen molar-refractivity contribution in [2.45, 2.75) is 18.9 Å². The van der Waals surface area contributed by atoms with Crippen molar-refractivity contribution in [1.29, 1.82) is 0 Å². The first-order chi connectivity index (χ1) is 8.27.